The van der Waals surface area contributed by atoms with Gasteiger partial charge in [-0.25, -0.2) is 0 Å². The summed E-state index contributed by atoms with van der Waals surface area (Å²) in [5.74, 6) is 0. The number of fused-ring (bicyclic) bond motifs is 1. The van der Waals surface area contributed by atoms with Gasteiger partial charge in [-0.15, -0.1) is 0 Å². The summed E-state index contributed by atoms with van der Waals surface area (Å²) in [6.07, 6.45) is 11.8. The van der Waals surface area contributed by atoms with E-state index in [4.69, 9.17) is 0 Å². The Morgan fingerprint density at radius 2 is 1.90 bits per heavy atom. The van der Waals surface area contributed by atoms with Crippen molar-refractivity contribution in [2.45, 2.75) is 18.9 Å². The van der Waals surface area contributed by atoms with E-state index in [1.165, 1.54) is 12.0 Å². The summed E-state index contributed by atoms with van der Waals surface area (Å²) in [6, 6.07) is 8.63. The van der Waals surface area contributed by atoms with E-state index in [1.807, 2.05) is 37.1 Å². The van der Waals surface area contributed by atoms with Crippen LogP contribution in [0, 0.1) is 0 Å². The summed E-state index contributed by atoms with van der Waals surface area (Å²) in [6.45, 7) is 1.05. The van der Waals surface area contributed by atoms with Gasteiger partial charge in [0, 0.05) is 36.7 Å². The summed E-state index contributed by atoms with van der Waals surface area (Å²) >= 11 is 0. The van der Waals surface area contributed by atoms with Crippen LogP contribution in [0.5, 0.6) is 0 Å². The van der Waals surface area contributed by atoms with E-state index in [1.54, 1.807) is 0 Å². The van der Waals surface area contributed by atoms with Crippen molar-refractivity contribution in [1.82, 2.24) is 15.0 Å². The lowest BCUT2D eigenvalue weighted by Gasteiger charge is -2.27. The average Bonchev–Trinajstić information content (AvgIpc) is 3.04. The van der Waals surface area contributed by atoms with Crippen molar-refractivity contribution < 1.29 is 0 Å². The van der Waals surface area contributed by atoms with E-state index in [0.717, 1.165) is 29.6 Å². The minimum atomic E-state index is 0.391. The molecule has 21 heavy (non-hydrogen) atoms. The second-order valence-electron chi connectivity index (χ2n) is 5.37. The molecule has 1 fully saturated rings. The normalized spacial score (nSPS) is 18.3. The van der Waals surface area contributed by atoms with Crippen molar-refractivity contribution in [1.29, 1.82) is 0 Å². The number of pyridine rings is 3. The molecule has 0 bridgehead atoms. The topological polar surface area (TPSA) is 41.9 Å². The second-order valence-corrected chi connectivity index (χ2v) is 5.37. The highest BCUT2D eigenvalue weighted by molar-refractivity contribution is 5.89. The quantitative estimate of drug-likeness (QED) is 0.719. The van der Waals surface area contributed by atoms with Crippen molar-refractivity contribution in [3.8, 4) is 0 Å². The Morgan fingerprint density at radius 1 is 1.00 bits per heavy atom. The van der Waals surface area contributed by atoms with Gasteiger partial charge in [-0.2, -0.15) is 0 Å². The molecule has 0 N–H and O–H groups in total. The smallest absolute Gasteiger partial charge is 0.0966 e. The molecule has 1 aliphatic heterocycles. The van der Waals surface area contributed by atoms with Crippen LogP contribution in [-0.2, 0) is 0 Å². The minimum Gasteiger partial charge on any atom is -0.361 e. The van der Waals surface area contributed by atoms with Crippen molar-refractivity contribution in [3.05, 3.63) is 60.8 Å². The first-order valence-electron chi connectivity index (χ1n) is 7.29. The molecule has 4 nitrogen and oxygen atoms in total. The summed E-state index contributed by atoms with van der Waals surface area (Å²) in [5, 5.41) is 1.09. The lowest BCUT2D eigenvalue weighted by molar-refractivity contribution is 0.718. The Morgan fingerprint density at radius 3 is 2.81 bits per heavy atom. The highest BCUT2D eigenvalue weighted by Crippen LogP contribution is 2.37. The SMILES string of the molecule is c1cnc2c(N3CCCC3c3ccncc3)cncc2c1. The van der Waals surface area contributed by atoms with Crippen LogP contribution in [0.1, 0.15) is 24.4 Å². The zero-order chi connectivity index (χ0) is 14.1. The summed E-state index contributed by atoms with van der Waals surface area (Å²) in [4.78, 5) is 15.5. The lowest BCUT2D eigenvalue weighted by Crippen LogP contribution is -2.23. The highest BCUT2D eigenvalue weighted by Gasteiger charge is 2.27. The molecule has 1 atom stereocenters. The Labute approximate surface area is 123 Å². The Bertz CT molecular complexity index is 752. The van der Waals surface area contributed by atoms with E-state index in [2.05, 4.69) is 38.1 Å². The number of nitrogens with zero attached hydrogens (tertiary/aromatic N) is 4. The van der Waals surface area contributed by atoms with Gasteiger partial charge in [-0.05, 0) is 42.7 Å². The minimum absolute atomic E-state index is 0.391. The van der Waals surface area contributed by atoms with Crippen LogP contribution < -0.4 is 4.90 Å². The molecule has 3 aromatic heterocycles. The van der Waals surface area contributed by atoms with E-state index >= 15 is 0 Å². The Hall–Kier alpha value is -2.49. The molecule has 1 aliphatic rings. The summed E-state index contributed by atoms with van der Waals surface area (Å²) in [7, 11) is 0. The third kappa shape index (κ3) is 2.13. The molecule has 0 amide bonds. The van der Waals surface area contributed by atoms with Crippen LogP contribution in [0.4, 0.5) is 5.69 Å². The first-order chi connectivity index (χ1) is 10.4. The zero-order valence-corrected chi connectivity index (χ0v) is 11.7. The molecule has 4 heteroatoms. The monoisotopic (exact) mass is 276 g/mol. The summed E-state index contributed by atoms with van der Waals surface area (Å²) < 4.78 is 0. The fourth-order valence-electron chi connectivity index (χ4n) is 3.18. The second kappa shape index (κ2) is 5.13. The van der Waals surface area contributed by atoms with Crippen molar-refractivity contribution in [2.24, 2.45) is 0 Å². The Kier molecular flexibility index (Phi) is 2.99. The van der Waals surface area contributed by atoms with Crippen LogP contribution in [0.25, 0.3) is 10.9 Å². The molecule has 3 aromatic rings. The molecular formula is C17H16N4. The van der Waals surface area contributed by atoms with Gasteiger partial charge >= 0.3 is 0 Å². The molecule has 0 aliphatic carbocycles. The number of hydrogen-bond donors (Lipinski definition) is 0. The maximum atomic E-state index is 4.56. The highest BCUT2D eigenvalue weighted by atomic mass is 15.2. The summed E-state index contributed by atoms with van der Waals surface area (Å²) in [5.41, 5.74) is 3.48. The molecule has 0 spiro atoms. The molecule has 104 valence electrons. The first kappa shape index (κ1) is 12.3. The number of aromatic nitrogens is 3. The van der Waals surface area contributed by atoms with Gasteiger partial charge in [0.15, 0.2) is 0 Å². The van der Waals surface area contributed by atoms with Gasteiger partial charge in [0.25, 0.3) is 0 Å². The van der Waals surface area contributed by atoms with Gasteiger partial charge < -0.3 is 4.90 Å². The predicted molar refractivity (Wildman–Crippen MR) is 83.1 cm³/mol. The molecule has 0 saturated carbocycles. The largest absolute Gasteiger partial charge is 0.361 e. The number of anilines is 1. The Balaban J connectivity index is 1.81. The standard InChI is InChI=1S/C17H16N4/c1-3-14-11-19-12-16(17(14)20-7-1)21-10-2-4-15(21)13-5-8-18-9-6-13/h1,3,5-9,11-12,15H,2,4,10H2. The van der Waals surface area contributed by atoms with Crippen molar-refractivity contribution >= 4 is 16.6 Å². The number of rotatable bonds is 2. The van der Waals surface area contributed by atoms with Crippen LogP contribution in [-0.4, -0.2) is 21.5 Å². The van der Waals surface area contributed by atoms with E-state index in [-0.39, 0.29) is 0 Å². The van der Waals surface area contributed by atoms with Crippen LogP contribution >= 0.6 is 0 Å². The average molecular weight is 276 g/mol. The first-order valence-corrected chi connectivity index (χ1v) is 7.29. The molecule has 0 radical (unpaired) electrons. The fourth-order valence-corrected chi connectivity index (χ4v) is 3.18. The zero-order valence-electron chi connectivity index (χ0n) is 11.7. The van der Waals surface area contributed by atoms with Gasteiger partial charge in [0.1, 0.15) is 0 Å². The van der Waals surface area contributed by atoms with E-state index in [9.17, 15) is 0 Å². The van der Waals surface area contributed by atoms with Crippen molar-refractivity contribution in [3.63, 3.8) is 0 Å². The van der Waals surface area contributed by atoms with Gasteiger partial charge in [0.05, 0.1) is 23.4 Å². The fraction of sp³-hybridized carbons (Fsp3) is 0.235. The van der Waals surface area contributed by atoms with Crippen LogP contribution in [0.2, 0.25) is 0 Å². The van der Waals surface area contributed by atoms with Gasteiger partial charge in [0.2, 0.25) is 0 Å². The maximum absolute atomic E-state index is 4.56. The number of hydrogen-bond acceptors (Lipinski definition) is 4. The van der Waals surface area contributed by atoms with E-state index < -0.39 is 0 Å². The van der Waals surface area contributed by atoms with Gasteiger partial charge in [-0.3, -0.25) is 15.0 Å². The molecule has 4 rings (SSSR count). The van der Waals surface area contributed by atoms with Gasteiger partial charge in [-0.1, -0.05) is 0 Å². The van der Waals surface area contributed by atoms with Crippen LogP contribution in [0.3, 0.4) is 0 Å². The van der Waals surface area contributed by atoms with E-state index in [0.29, 0.717) is 6.04 Å². The maximum Gasteiger partial charge on any atom is 0.0966 e. The van der Waals surface area contributed by atoms with Crippen molar-refractivity contribution in [2.75, 3.05) is 11.4 Å². The molecule has 4 heterocycles. The molecular weight excluding hydrogens is 260 g/mol. The molecule has 1 unspecified atom stereocenters. The lowest BCUT2D eigenvalue weighted by atomic mass is 10.1. The third-order valence-electron chi connectivity index (χ3n) is 4.15. The molecule has 0 aromatic carbocycles. The molecule has 1 saturated heterocycles. The predicted octanol–water partition coefficient (Wildman–Crippen LogP) is 3.37. The third-order valence-corrected chi connectivity index (χ3v) is 4.15. The van der Waals surface area contributed by atoms with Crippen LogP contribution in [0.15, 0.2) is 55.2 Å².